The monoisotopic (exact) mass is 548 g/mol. The van der Waals surface area contributed by atoms with Gasteiger partial charge in [-0.1, -0.05) is 59.8 Å². The molecule has 5 rings (SSSR count). The molecule has 0 bridgehead atoms. The number of phenolic OH excluding ortho intramolecular Hbond substituents is 1. The van der Waals surface area contributed by atoms with Crippen molar-refractivity contribution in [2.24, 2.45) is 34.5 Å². The van der Waals surface area contributed by atoms with Gasteiger partial charge < -0.3 is 10.2 Å². The van der Waals surface area contributed by atoms with Gasteiger partial charge in [0.15, 0.2) is 28.7 Å². The number of aromatic hydroxyl groups is 1. The molecule has 0 radical (unpaired) electrons. The third-order valence-corrected chi connectivity index (χ3v) is 10.5. The Hall–Kier alpha value is -2.93. The molecule has 7 heteroatoms. The number of carbonyl (C=O) groups is 5. The first-order valence-corrected chi connectivity index (χ1v) is 14.5. The van der Waals surface area contributed by atoms with Crippen molar-refractivity contribution in [2.75, 3.05) is 0 Å². The van der Waals surface area contributed by atoms with E-state index in [4.69, 9.17) is 0 Å². The maximum Gasteiger partial charge on any atom is 0.190 e. The molecule has 2 fully saturated rings. The van der Waals surface area contributed by atoms with Crippen LogP contribution >= 0.6 is 0 Å². The van der Waals surface area contributed by atoms with E-state index >= 15 is 0 Å². The summed E-state index contributed by atoms with van der Waals surface area (Å²) in [5, 5.41) is 23.7. The maximum atomic E-state index is 14.5. The van der Waals surface area contributed by atoms with E-state index < -0.39 is 63.1 Å². The third kappa shape index (κ3) is 3.49. The Labute approximate surface area is 235 Å². The van der Waals surface area contributed by atoms with E-state index in [0.29, 0.717) is 11.1 Å². The van der Waals surface area contributed by atoms with Gasteiger partial charge in [-0.25, -0.2) is 0 Å². The summed E-state index contributed by atoms with van der Waals surface area (Å²) in [6.45, 7) is 12.2. The Morgan fingerprint density at radius 3 is 2.23 bits per heavy atom. The average Bonchev–Trinajstić information content (AvgIpc) is 3.35. The van der Waals surface area contributed by atoms with Gasteiger partial charge in [-0.2, -0.15) is 0 Å². The lowest BCUT2D eigenvalue weighted by Gasteiger charge is -2.62. The van der Waals surface area contributed by atoms with E-state index in [0.717, 1.165) is 25.3 Å². The zero-order valence-corrected chi connectivity index (χ0v) is 24.5. The van der Waals surface area contributed by atoms with Crippen LogP contribution in [0, 0.1) is 34.5 Å². The summed E-state index contributed by atoms with van der Waals surface area (Å²) >= 11 is 0. The van der Waals surface area contributed by atoms with E-state index in [1.807, 2.05) is 39.0 Å². The molecule has 0 aromatic heterocycles. The molecule has 4 aliphatic rings. The Morgan fingerprint density at radius 1 is 1.05 bits per heavy atom. The maximum absolute atomic E-state index is 14.5. The minimum Gasteiger partial charge on any atom is -0.507 e. The third-order valence-electron chi connectivity index (χ3n) is 10.5. The number of ketones is 5. The van der Waals surface area contributed by atoms with Gasteiger partial charge in [-0.15, -0.1) is 0 Å². The Morgan fingerprint density at radius 2 is 1.70 bits per heavy atom. The number of phenols is 1. The largest absolute Gasteiger partial charge is 0.507 e. The van der Waals surface area contributed by atoms with Gasteiger partial charge in [-0.05, 0) is 61.0 Å². The predicted molar refractivity (Wildman–Crippen MR) is 148 cm³/mol. The van der Waals surface area contributed by atoms with Gasteiger partial charge in [0.25, 0.3) is 0 Å². The van der Waals surface area contributed by atoms with Gasteiger partial charge in [0.2, 0.25) is 0 Å². The fourth-order valence-corrected chi connectivity index (χ4v) is 8.94. The lowest BCUT2D eigenvalue weighted by Crippen LogP contribution is -2.76. The van der Waals surface area contributed by atoms with E-state index in [1.54, 1.807) is 20.8 Å². The topological polar surface area (TPSA) is 126 Å². The van der Waals surface area contributed by atoms with Crippen LogP contribution < -0.4 is 0 Å². The molecule has 40 heavy (non-hydrogen) atoms. The number of fused-ring (bicyclic) bond motifs is 3. The van der Waals surface area contributed by atoms with E-state index in [-0.39, 0.29) is 41.9 Å². The Kier molecular flexibility index (Phi) is 6.46. The minimum atomic E-state index is -2.67. The van der Waals surface area contributed by atoms with Crippen LogP contribution in [0.1, 0.15) is 107 Å². The zero-order chi connectivity index (χ0) is 29.7. The summed E-state index contributed by atoms with van der Waals surface area (Å²) in [7, 11) is 0. The summed E-state index contributed by atoms with van der Waals surface area (Å²) < 4.78 is 0. The summed E-state index contributed by atoms with van der Waals surface area (Å²) in [5.74, 6) is -8.53. The van der Waals surface area contributed by atoms with Crippen molar-refractivity contribution >= 4 is 28.9 Å². The van der Waals surface area contributed by atoms with E-state index in [1.165, 1.54) is 0 Å². The first-order valence-electron chi connectivity index (χ1n) is 14.5. The molecular weight excluding hydrogens is 508 g/mol. The van der Waals surface area contributed by atoms with Crippen LogP contribution in [0.4, 0.5) is 0 Å². The SMILES string of the molecule is CC(=O)C1C(=O)C(C(C)C)[C@@]2(C)C[C@@]3(C)Cc4c(C(C)C)cc(C5C=CCC5)c(O)c4C(=O)C3C(=O)[C@@]2(O)C1=O. The van der Waals surface area contributed by atoms with Crippen molar-refractivity contribution in [1.82, 2.24) is 0 Å². The van der Waals surface area contributed by atoms with Crippen LogP contribution in [0.15, 0.2) is 18.2 Å². The number of aliphatic hydroxyl groups is 1. The normalized spacial score (nSPS) is 37.1. The highest BCUT2D eigenvalue weighted by Crippen LogP contribution is 2.64. The Balaban J connectivity index is 1.75. The summed E-state index contributed by atoms with van der Waals surface area (Å²) in [6.07, 6.45) is 6.09. The first-order chi connectivity index (χ1) is 18.5. The molecule has 214 valence electrons. The zero-order valence-electron chi connectivity index (χ0n) is 24.5. The van der Waals surface area contributed by atoms with Crippen LogP contribution in [-0.4, -0.2) is 44.7 Å². The van der Waals surface area contributed by atoms with E-state index in [2.05, 4.69) is 0 Å². The molecule has 4 aliphatic carbocycles. The van der Waals surface area contributed by atoms with Gasteiger partial charge in [0.05, 0.1) is 11.5 Å². The highest BCUT2D eigenvalue weighted by atomic mass is 16.3. The molecule has 0 amide bonds. The molecule has 2 saturated carbocycles. The first kappa shape index (κ1) is 28.6. The van der Waals surface area contributed by atoms with Crippen molar-refractivity contribution in [2.45, 2.75) is 91.6 Å². The van der Waals surface area contributed by atoms with Crippen LogP contribution in [0.2, 0.25) is 0 Å². The van der Waals surface area contributed by atoms with Gasteiger partial charge in [0, 0.05) is 22.8 Å². The van der Waals surface area contributed by atoms with Crippen molar-refractivity contribution in [3.8, 4) is 5.75 Å². The molecule has 1 aromatic rings. The number of hydrogen-bond donors (Lipinski definition) is 2. The fourth-order valence-electron chi connectivity index (χ4n) is 8.94. The summed E-state index contributed by atoms with van der Waals surface area (Å²) in [5.41, 5.74) is -2.81. The molecule has 7 nitrogen and oxygen atoms in total. The second-order valence-electron chi connectivity index (χ2n) is 13.9. The number of allylic oxidation sites excluding steroid dienone is 2. The molecule has 7 atom stereocenters. The average molecular weight is 549 g/mol. The van der Waals surface area contributed by atoms with Gasteiger partial charge >= 0.3 is 0 Å². The van der Waals surface area contributed by atoms with Crippen molar-refractivity contribution in [3.63, 3.8) is 0 Å². The van der Waals surface area contributed by atoms with Crippen molar-refractivity contribution < 1.29 is 34.2 Å². The molecule has 0 saturated heterocycles. The smallest absolute Gasteiger partial charge is 0.190 e. The van der Waals surface area contributed by atoms with Crippen molar-refractivity contribution in [1.29, 1.82) is 0 Å². The summed E-state index contributed by atoms with van der Waals surface area (Å²) in [6, 6.07) is 1.99. The summed E-state index contributed by atoms with van der Waals surface area (Å²) in [4.78, 5) is 68.8. The molecule has 0 aliphatic heterocycles. The molecule has 4 unspecified atom stereocenters. The van der Waals surface area contributed by atoms with Crippen molar-refractivity contribution in [3.05, 3.63) is 40.5 Å². The molecule has 2 N–H and O–H groups in total. The molecular formula is C33H40O7. The van der Waals surface area contributed by atoms with Crippen LogP contribution in [0.5, 0.6) is 5.75 Å². The van der Waals surface area contributed by atoms with Crippen LogP contribution in [0.25, 0.3) is 0 Å². The highest BCUT2D eigenvalue weighted by Gasteiger charge is 2.76. The molecule has 0 heterocycles. The van der Waals surface area contributed by atoms with E-state index in [9.17, 15) is 34.2 Å². The second kappa shape index (κ2) is 9.04. The quantitative estimate of drug-likeness (QED) is 0.414. The number of Topliss-reactive ketones (excluding diaryl/α,β-unsaturated/α-hetero) is 5. The predicted octanol–water partition coefficient (Wildman–Crippen LogP) is 4.65. The van der Waals surface area contributed by atoms with Gasteiger partial charge in [-0.3, -0.25) is 24.0 Å². The Bertz CT molecular complexity index is 1400. The number of carbonyl (C=O) groups excluding carboxylic acids is 5. The lowest BCUT2D eigenvalue weighted by molar-refractivity contribution is -0.205. The lowest BCUT2D eigenvalue weighted by atomic mass is 9.39. The fraction of sp³-hybridized carbons (Fsp3) is 0.606. The van der Waals surface area contributed by atoms with Crippen LogP contribution in [0.3, 0.4) is 0 Å². The number of rotatable bonds is 4. The second-order valence-corrected chi connectivity index (χ2v) is 13.9. The molecule has 0 spiro atoms. The number of hydrogen-bond acceptors (Lipinski definition) is 7. The standard InChI is InChI=1S/C33H40O7/c1-15(2)19-12-20(18-10-8-9-11-18)26(35)23-21(19)13-31(6)14-32(7)24(16(3)4)27(36)22(17(5)34)29(38)33(32,40)30(39)25(31)28(23)37/h8,10,12,15-16,18,22,24-25,35,40H,9,11,13-14H2,1-7H3/t18?,22?,24?,25?,31-,32-,33+/m1/s1. The number of benzene rings is 1. The minimum absolute atomic E-state index is 0.0378. The molecule has 1 aromatic carbocycles. The van der Waals surface area contributed by atoms with Crippen LogP contribution in [-0.2, 0) is 25.6 Å². The van der Waals surface area contributed by atoms with Gasteiger partial charge in [0.1, 0.15) is 17.5 Å². The highest BCUT2D eigenvalue weighted by molar-refractivity contribution is 6.32.